The zero-order valence-electron chi connectivity index (χ0n) is 18.4. The molecule has 0 bridgehead atoms. The van der Waals surface area contributed by atoms with Crippen molar-refractivity contribution in [2.75, 3.05) is 6.54 Å². The number of piperidine rings is 1. The Bertz CT molecular complexity index is 1250. The van der Waals surface area contributed by atoms with E-state index < -0.39 is 5.91 Å². The van der Waals surface area contributed by atoms with E-state index in [1.807, 2.05) is 36.1 Å². The average Bonchev–Trinajstić information content (AvgIpc) is 2.78. The van der Waals surface area contributed by atoms with Crippen LogP contribution in [0.4, 0.5) is 0 Å². The highest BCUT2D eigenvalue weighted by Crippen LogP contribution is 2.30. The fourth-order valence-corrected chi connectivity index (χ4v) is 4.47. The summed E-state index contributed by atoms with van der Waals surface area (Å²) in [7, 11) is 0. The van der Waals surface area contributed by atoms with Gasteiger partial charge in [-0.25, -0.2) is 9.97 Å². The molecule has 1 unspecified atom stereocenters. The van der Waals surface area contributed by atoms with Crippen LogP contribution in [0.5, 0.6) is 0 Å². The van der Waals surface area contributed by atoms with Gasteiger partial charge < -0.3 is 15.2 Å². The third-order valence-electron chi connectivity index (χ3n) is 6.16. The van der Waals surface area contributed by atoms with Crippen LogP contribution in [0.3, 0.4) is 0 Å². The predicted octanol–water partition coefficient (Wildman–Crippen LogP) is 2.65. The Labute approximate surface area is 186 Å². The lowest BCUT2D eigenvalue weighted by Crippen LogP contribution is -2.40. The summed E-state index contributed by atoms with van der Waals surface area (Å²) in [5.41, 5.74) is 7.82. The molecule has 166 valence electrons. The zero-order valence-corrected chi connectivity index (χ0v) is 18.4. The molecule has 0 spiro atoms. The second-order valence-electron chi connectivity index (χ2n) is 8.27. The van der Waals surface area contributed by atoms with E-state index in [9.17, 15) is 14.4 Å². The van der Waals surface area contributed by atoms with Gasteiger partial charge in [-0.3, -0.25) is 14.4 Å². The Hall–Kier alpha value is -3.55. The number of nitrogens with zero attached hydrogens (tertiary/aromatic N) is 4. The van der Waals surface area contributed by atoms with Crippen molar-refractivity contribution in [2.45, 2.75) is 52.1 Å². The maximum atomic E-state index is 13.2. The molecule has 2 N–H and O–H groups in total. The van der Waals surface area contributed by atoms with Crippen LogP contribution in [-0.4, -0.2) is 37.8 Å². The number of benzene rings is 1. The summed E-state index contributed by atoms with van der Waals surface area (Å²) in [4.78, 5) is 48.0. The van der Waals surface area contributed by atoms with E-state index in [1.165, 1.54) is 6.20 Å². The van der Waals surface area contributed by atoms with E-state index in [-0.39, 0.29) is 29.5 Å². The number of likely N-dealkylation sites (tertiary alicyclic amines) is 1. The van der Waals surface area contributed by atoms with Gasteiger partial charge in [-0.15, -0.1) is 0 Å². The number of pyridine rings is 1. The van der Waals surface area contributed by atoms with Crippen molar-refractivity contribution in [3.63, 3.8) is 0 Å². The summed E-state index contributed by atoms with van der Waals surface area (Å²) in [5, 5.41) is 1.01. The molecule has 1 aromatic carbocycles. The molecule has 2 amide bonds. The maximum absolute atomic E-state index is 13.2. The molecule has 1 aliphatic heterocycles. The fourth-order valence-electron chi connectivity index (χ4n) is 4.47. The van der Waals surface area contributed by atoms with Gasteiger partial charge in [-0.1, -0.05) is 18.2 Å². The number of rotatable bonds is 5. The Morgan fingerprint density at radius 1 is 1.19 bits per heavy atom. The summed E-state index contributed by atoms with van der Waals surface area (Å²) >= 11 is 0. The highest BCUT2D eigenvalue weighted by molar-refractivity contribution is 5.93. The van der Waals surface area contributed by atoms with Crippen molar-refractivity contribution in [3.8, 4) is 0 Å². The zero-order chi connectivity index (χ0) is 22.8. The number of nitrogens with two attached hydrogens (primary N) is 1. The van der Waals surface area contributed by atoms with Crippen LogP contribution in [0.15, 0.2) is 41.3 Å². The molecule has 1 aliphatic rings. The molecule has 0 aliphatic carbocycles. The lowest BCUT2D eigenvalue weighted by Gasteiger charge is -2.35. The summed E-state index contributed by atoms with van der Waals surface area (Å²) in [6.45, 7) is 4.56. The highest BCUT2D eigenvalue weighted by Gasteiger charge is 2.30. The van der Waals surface area contributed by atoms with Crippen molar-refractivity contribution in [2.24, 2.45) is 5.73 Å². The molecule has 0 saturated carbocycles. The molecule has 3 heterocycles. The third kappa shape index (κ3) is 4.12. The van der Waals surface area contributed by atoms with Crippen LogP contribution in [0, 0.1) is 13.8 Å². The maximum Gasteiger partial charge on any atom is 0.252 e. The number of carbonyl (C=O) groups excluding carboxylic acids is 2. The van der Waals surface area contributed by atoms with Crippen LogP contribution in [0.2, 0.25) is 0 Å². The second-order valence-corrected chi connectivity index (χ2v) is 8.27. The first-order valence-corrected chi connectivity index (χ1v) is 10.9. The summed E-state index contributed by atoms with van der Waals surface area (Å²) in [6.07, 6.45) is 4.29. The lowest BCUT2D eigenvalue weighted by atomic mass is 10.0. The molecule has 8 heteroatoms. The van der Waals surface area contributed by atoms with Crippen molar-refractivity contribution in [3.05, 3.63) is 69.5 Å². The molecule has 0 radical (unpaired) electrons. The number of para-hydroxylation sites is 1. The number of primary amides is 1. The van der Waals surface area contributed by atoms with Gasteiger partial charge in [0.05, 0.1) is 22.8 Å². The third-order valence-corrected chi connectivity index (χ3v) is 6.16. The molecule has 1 atom stereocenters. The first-order chi connectivity index (χ1) is 15.4. The molecule has 32 heavy (non-hydrogen) atoms. The average molecular weight is 434 g/mol. The van der Waals surface area contributed by atoms with Gasteiger partial charge in [0, 0.05) is 37.2 Å². The highest BCUT2D eigenvalue weighted by atomic mass is 16.2. The largest absolute Gasteiger partial charge is 0.365 e. The van der Waals surface area contributed by atoms with Crippen LogP contribution in [-0.2, 0) is 11.3 Å². The van der Waals surface area contributed by atoms with Crippen LogP contribution >= 0.6 is 0 Å². The molecule has 1 fully saturated rings. The molecular weight excluding hydrogens is 406 g/mol. The van der Waals surface area contributed by atoms with E-state index in [0.717, 1.165) is 35.7 Å². The molecule has 8 nitrogen and oxygen atoms in total. The summed E-state index contributed by atoms with van der Waals surface area (Å²) < 4.78 is 1.67. The number of aromatic nitrogens is 3. The number of carbonyl (C=O) groups is 2. The number of aryl methyl sites for hydroxylation is 3. The Morgan fingerprint density at radius 3 is 2.72 bits per heavy atom. The van der Waals surface area contributed by atoms with E-state index in [4.69, 9.17) is 5.73 Å². The Balaban J connectivity index is 1.56. The number of fused-ring (bicyclic) bond motifs is 1. The minimum absolute atomic E-state index is 0.0357. The van der Waals surface area contributed by atoms with Crippen LogP contribution < -0.4 is 11.3 Å². The molecule has 4 rings (SSSR count). The molecule has 1 saturated heterocycles. The van der Waals surface area contributed by atoms with Gasteiger partial charge in [0.1, 0.15) is 0 Å². The van der Waals surface area contributed by atoms with Gasteiger partial charge >= 0.3 is 0 Å². The topological polar surface area (TPSA) is 111 Å². The van der Waals surface area contributed by atoms with Crippen LogP contribution in [0.25, 0.3) is 10.9 Å². The Kier molecular flexibility index (Phi) is 6.03. The SMILES string of the molecule is Cc1nc(C2CCCCN2C(=O)CCn2c(=O)cc(C)c3ccccc32)ncc1C(N)=O. The van der Waals surface area contributed by atoms with Gasteiger partial charge in [0.15, 0.2) is 5.82 Å². The standard InChI is InChI=1S/C24H27N5O3/c1-15-13-22(31)29(19-8-4-3-7-17(15)19)12-10-21(30)28-11-6-5-9-20(28)24-26-14-18(23(25)32)16(2)27-24/h3-4,7-8,13-14,20H,5-6,9-12H2,1-2H3,(H2,25,32). The second kappa shape index (κ2) is 8.90. The number of hydrogen-bond acceptors (Lipinski definition) is 5. The summed E-state index contributed by atoms with van der Waals surface area (Å²) in [6, 6.07) is 9.11. The summed E-state index contributed by atoms with van der Waals surface area (Å²) in [5.74, 6) is -0.0774. The minimum atomic E-state index is -0.568. The van der Waals surface area contributed by atoms with E-state index in [2.05, 4.69) is 9.97 Å². The predicted molar refractivity (Wildman–Crippen MR) is 121 cm³/mol. The smallest absolute Gasteiger partial charge is 0.252 e. The first-order valence-electron chi connectivity index (χ1n) is 10.9. The van der Waals surface area contributed by atoms with Gasteiger partial charge in [0.2, 0.25) is 5.91 Å². The van der Waals surface area contributed by atoms with Gasteiger partial charge in [0.25, 0.3) is 11.5 Å². The monoisotopic (exact) mass is 433 g/mol. The number of amides is 2. The molecule has 3 aromatic rings. The van der Waals surface area contributed by atoms with Crippen molar-refractivity contribution in [1.82, 2.24) is 19.4 Å². The van der Waals surface area contributed by atoms with Gasteiger partial charge in [-0.05, 0) is 44.7 Å². The van der Waals surface area contributed by atoms with Crippen molar-refractivity contribution < 1.29 is 9.59 Å². The fraction of sp³-hybridized carbons (Fsp3) is 0.375. The molecular formula is C24H27N5O3. The lowest BCUT2D eigenvalue weighted by molar-refractivity contribution is -0.135. The van der Waals surface area contributed by atoms with E-state index in [0.29, 0.717) is 24.6 Å². The first kappa shape index (κ1) is 21.7. The molecule has 2 aromatic heterocycles. The van der Waals surface area contributed by atoms with E-state index in [1.54, 1.807) is 17.6 Å². The number of hydrogen-bond donors (Lipinski definition) is 1. The normalized spacial score (nSPS) is 16.3. The quantitative estimate of drug-likeness (QED) is 0.665. The van der Waals surface area contributed by atoms with Gasteiger partial charge in [-0.2, -0.15) is 0 Å². The Morgan fingerprint density at radius 2 is 1.97 bits per heavy atom. The van der Waals surface area contributed by atoms with E-state index >= 15 is 0 Å². The van der Waals surface area contributed by atoms with Crippen molar-refractivity contribution in [1.29, 1.82) is 0 Å². The van der Waals surface area contributed by atoms with Crippen molar-refractivity contribution >= 4 is 22.7 Å². The van der Waals surface area contributed by atoms with Crippen LogP contribution in [0.1, 0.15) is 59.2 Å². The minimum Gasteiger partial charge on any atom is -0.365 e.